The monoisotopic (exact) mass is 217 g/mol. The molecule has 0 aliphatic heterocycles. The van der Waals surface area contributed by atoms with E-state index >= 15 is 0 Å². The summed E-state index contributed by atoms with van der Waals surface area (Å²) >= 11 is 5.68. The fourth-order valence-electron chi connectivity index (χ4n) is 1.08. The van der Waals surface area contributed by atoms with Crippen molar-refractivity contribution in [3.8, 4) is 0 Å². The third kappa shape index (κ3) is 2.88. The molecular weight excluding hydrogens is 209 g/mol. The third-order valence-electron chi connectivity index (χ3n) is 1.70. The highest BCUT2D eigenvalue weighted by atomic mass is 35.5. The molecule has 5 heteroatoms. The summed E-state index contributed by atoms with van der Waals surface area (Å²) in [6.07, 6.45) is -1.26. The summed E-state index contributed by atoms with van der Waals surface area (Å²) in [4.78, 5) is 10.3. The van der Waals surface area contributed by atoms with Crippen molar-refractivity contribution in [2.45, 2.75) is 6.04 Å². The zero-order valence-electron chi connectivity index (χ0n) is 7.21. The zero-order chi connectivity index (χ0) is 10.6. The van der Waals surface area contributed by atoms with Crippen molar-refractivity contribution in [3.63, 3.8) is 0 Å². The lowest BCUT2D eigenvalue weighted by molar-refractivity contribution is 0.187. The van der Waals surface area contributed by atoms with E-state index in [0.29, 0.717) is 10.6 Å². The Bertz CT molecular complexity index is 332. The van der Waals surface area contributed by atoms with Gasteiger partial charge in [0.1, 0.15) is 6.67 Å². The zero-order valence-corrected chi connectivity index (χ0v) is 7.96. The highest BCUT2D eigenvalue weighted by Crippen LogP contribution is 2.18. The average Bonchev–Trinajstić information content (AvgIpc) is 2.14. The Labute approximate surface area is 85.5 Å². The number of hydrogen-bond donors (Lipinski definition) is 2. The Balaban J connectivity index is 2.83. The molecule has 0 aliphatic carbocycles. The van der Waals surface area contributed by atoms with E-state index in [1.54, 1.807) is 18.2 Å². The molecule has 1 atom stereocenters. The molecule has 1 aromatic carbocycles. The Morgan fingerprint density at radius 1 is 1.64 bits per heavy atom. The molecule has 1 rings (SSSR count). The minimum absolute atomic E-state index is 0.452. The lowest BCUT2D eigenvalue weighted by Crippen LogP contribution is -2.28. The summed E-state index contributed by atoms with van der Waals surface area (Å²) in [7, 11) is 0. The SMILES string of the molecule is O=C(O)NC(CF)c1cccc(Cl)c1. The highest BCUT2D eigenvalue weighted by Gasteiger charge is 2.13. The van der Waals surface area contributed by atoms with E-state index in [-0.39, 0.29) is 0 Å². The molecule has 0 saturated carbocycles. The minimum atomic E-state index is -1.26. The van der Waals surface area contributed by atoms with E-state index in [9.17, 15) is 9.18 Å². The molecular formula is C9H9ClFNO2. The van der Waals surface area contributed by atoms with Crippen LogP contribution in [0.5, 0.6) is 0 Å². The van der Waals surface area contributed by atoms with Crippen LogP contribution in [0.4, 0.5) is 9.18 Å². The molecule has 1 unspecified atom stereocenters. The first-order chi connectivity index (χ1) is 6.63. The predicted octanol–water partition coefficient (Wildman–Crippen LogP) is 2.62. The molecule has 2 N–H and O–H groups in total. The molecule has 0 spiro atoms. The molecule has 0 saturated heterocycles. The summed E-state index contributed by atoms with van der Waals surface area (Å²) in [6.45, 7) is -0.799. The van der Waals surface area contributed by atoms with Gasteiger partial charge in [-0.25, -0.2) is 9.18 Å². The van der Waals surface area contributed by atoms with Crippen molar-refractivity contribution in [2.75, 3.05) is 6.67 Å². The van der Waals surface area contributed by atoms with Gasteiger partial charge in [-0.15, -0.1) is 0 Å². The van der Waals surface area contributed by atoms with E-state index in [4.69, 9.17) is 16.7 Å². The fourth-order valence-corrected chi connectivity index (χ4v) is 1.28. The van der Waals surface area contributed by atoms with Gasteiger partial charge in [-0.1, -0.05) is 23.7 Å². The van der Waals surface area contributed by atoms with Crippen LogP contribution in [-0.4, -0.2) is 17.9 Å². The smallest absolute Gasteiger partial charge is 0.405 e. The quantitative estimate of drug-likeness (QED) is 0.818. The number of alkyl halides is 1. The van der Waals surface area contributed by atoms with Crippen LogP contribution in [0, 0.1) is 0 Å². The Hall–Kier alpha value is -1.29. The molecule has 0 fully saturated rings. The second-order valence-corrected chi connectivity index (χ2v) is 3.15. The maximum atomic E-state index is 12.5. The third-order valence-corrected chi connectivity index (χ3v) is 1.94. The number of rotatable bonds is 3. The van der Waals surface area contributed by atoms with Crippen LogP contribution < -0.4 is 5.32 Å². The van der Waals surface area contributed by atoms with Crippen LogP contribution in [0.1, 0.15) is 11.6 Å². The van der Waals surface area contributed by atoms with E-state index in [1.165, 1.54) is 6.07 Å². The molecule has 0 bridgehead atoms. The summed E-state index contributed by atoms with van der Waals surface area (Å²) in [5.41, 5.74) is 0.516. The first-order valence-electron chi connectivity index (χ1n) is 3.94. The highest BCUT2D eigenvalue weighted by molar-refractivity contribution is 6.30. The van der Waals surface area contributed by atoms with Crippen LogP contribution in [0.2, 0.25) is 5.02 Å². The summed E-state index contributed by atoms with van der Waals surface area (Å²) in [6, 6.07) is 5.57. The number of nitrogens with one attached hydrogen (secondary N) is 1. The number of carbonyl (C=O) groups is 1. The van der Waals surface area contributed by atoms with Gasteiger partial charge in [0.2, 0.25) is 0 Å². The number of halogens is 2. The van der Waals surface area contributed by atoms with Gasteiger partial charge in [0, 0.05) is 5.02 Å². The summed E-state index contributed by atoms with van der Waals surface area (Å²) < 4.78 is 12.5. The average molecular weight is 218 g/mol. The van der Waals surface area contributed by atoms with Gasteiger partial charge < -0.3 is 10.4 Å². The lowest BCUT2D eigenvalue weighted by atomic mass is 10.1. The summed E-state index contributed by atoms with van der Waals surface area (Å²) in [5, 5.41) is 10.9. The molecule has 3 nitrogen and oxygen atoms in total. The van der Waals surface area contributed by atoms with Gasteiger partial charge >= 0.3 is 6.09 Å². The number of carboxylic acid groups (broad SMARTS) is 1. The van der Waals surface area contributed by atoms with Crippen LogP contribution in [0.15, 0.2) is 24.3 Å². The lowest BCUT2D eigenvalue weighted by Gasteiger charge is -2.13. The van der Waals surface area contributed by atoms with Gasteiger partial charge in [0.25, 0.3) is 0 Å². The summed E-state index contributed by atoms with van der Waals surface area (Å²) in [5.74, 6) is 0. The van der Waals surface area contributed by atoms with Gasteiger partial charge in [-0.3, -0.25) is 0 Å². The van der Waals surface area contributed by atoms with Crippen molar-refractivity contribution in [1.82, 2.24) is 5.32 Å². The topological polar surface area (TPSA) is 49.3 Å². The molecule has 0 heterocycles. The first-order valence-corrected chi connectivity index (χ1v) is 4.32. The van der Waals surface area contributed by atoms with Gasteiger partial charge in [0.05, 0.1) is 6.04 Å². The van der Waals surface area contributed by atoms with Crippen molar-refractivity contribution >= 4 is 17.7 Å². The number of amides is 1. The van der Waals surface area contributed by atoms with E-state index < -0.39 is 18.8 Å². The Morgan fingerprint density at radius 3 is 2.86 bits per heavy atom. The van der Waals surface area contributed by atoms with Gasteiger partial charge in [0.15, 0.2) is 0 Å². The molecule has 0 aliphatic rings. The normalized spacial score (nSPS) is 12.1. The Kier molecular flexibility index (Phi) is 3.71. The maximum Gasteiger partial charge on any atom is 0.405 e. The van der Waals surface area contributed by atoms with E-state index in [1.807, 2.05) is 0 Å². The van der Waals surface area contributed by atoms with Crippen molar-refractivity contribution in [3.05, 3.63) is 34.9 Å². The molecule has 1 amide bonds. The van der Waals surface area contributed by atoms with Crippen molar-refractivity contribution in [1.29, 1.82) is 0 Å². The first kappa shape index (κ1) is 10.8. The van der Waals surface area contributed by atoms with Gasteiger partial charge in [-0.2, -0.15) is 0 Å². The fraction of sp³-hybridized carbons (Fsp3) is 0.222. The van der Waals surface area contributed by atoms with Crippen molar-refractivity contribution < 1.29 is 14.3 Å². The van der Waals surface area contributed by atoms with Crippen LogP contribution >= 0.6 is 11.6 Å². The molecule has 1 aromatic rings. The molecule has 0 aromatic heterocycles. The van der Waals surface area contributed by atoms with Crippen LogP contribution in [0.25, 0.3) is 0 Å². The largest absolute Gasteiger partial charge is 0.465 e. The van der Waals surface area contributed by atoms with Crippen molar-refractivity contribution in [2.24, 2.45) is 0 Å². The number of hydrogen-bond acceptors (Lipinski definition) is 1. The standard InChI is InChI=1S/C9H9ClFNO2/c10-7-3-1-2-6(4-7)8(5-11)12-9(13)14/h1-4,8,12H,5H2,(H,13,14). The maximum absolute atomic E-state index is 12.5. The molecule has 14 heavy (non-hydrogen) atoms. The van der Waals surface area contributed by atoms with E-state index in [0.717, 1.165) is 0 Å². The Morgan fingerprint density at radius 2 is 2.36 bits per heavy atom. The van der Waals surface area contributed by atoms with Crippen LogP contribution in [0.3, 0.4) is 0 Å². The second kappa shape index (κ2) is 4.81. The van der Waals surface area contributed by atoms with Gasteiger partial charge in [-0.05, 0) is 17.7 Å². The molecule has 0 radical (unpaired) electrons. The minimum Gasteiger partial charge on any atom is -0.465 e. The second-order valence-electron chi connectivity index (χ2n) is 2.71. The van der Waals surface area contributed by atoms with E-state index in [2.05, 4.69) is 5.32 Å². The molecule has 76 valence electrons. The van der Waals surface area contributed by atoms with Crippen LogP contribution in [-0.2, 0) is 0 Å². The predicted molar refractivity (Wildman–Crippen MR) is 51.3 cm³/mol. The number of benzene rings is 1.